The average molecular weight is 322 g/mol. The molecular formula is C20H18O4. The average Bonchev–Trinajstić information content (AvgIpc) is 2.59. The summed E-state index contributed by atoms with van der Waals surface area (Å²) in [5.74, 6) is 0.958. The summed E-state index contributed by atoms with van der Waals surface area (Å²) in [6, 6.07) is 19.1. The molecular weight excluding hydrogens is 304 g/mol. The summed E-state index contributed by atoms with van der Waals surface area (Å²) in [5.41, 5.74) is 1.08. The van der Waals surface area contributed by atoms with Crippen LogP contribution in [0.25, 0.3) is 10.8 Å². The first-order valence-corrected chi connectivity index (χ1v) is 7.70. The van der Waals surface area contributed by atoms with Gasteiger partial charge in [0, 0.05) is 0 Å². The van der Waals surface area contributed by atoms with Gasteiger partial charge in [-0.3, -0.25) is 0 Å². The molecule has 0 aliphatic carbocycles. The molecule has 3 aromatic rings. The van der Waals surface area contributed by atoms with Gasteiger partial charge in [-0.2, -0.15) is 0 Å². The summed E-state index contributed by atoms with van der Waals surface area (Å²) in [6.45, 7) is 3.52. The molecule has 0 amide bonds. The second kappa shape index (κ2) is 6.62. The molecule has 4 heteroatoms. The maximum Gasteiger partial charge on any atom is 0.344 e. The maximum atomic E-state index is 10.8. The molecule has 0 aliphatic heterocycles. The highest BCUT2D eigenvalue weighted by atomic mass is 16.5. The van der Waals surface area contributed by atoms with E-state index in [2.05, 4.69) is 12.1 Å². The van der Waals surface area contributed by atoms with E-state index >= 15 is 0 Å². The third-order valence-corrected chi connectivity index (χ3v) is 3.86. The molecule has 24 heavy (non-hydrogen) atoms. The number of fused-ring (bicyclic) bond motifs is 1. The minimum Gasteiger partial charge on any atom is -0.479 e. The zero-order chi connectivity index (χ0) is 17.1. The lowest BCUT2D eigenvalue weighted by Crippen LogP contribution is -2.22. The number of carbonyl (C=O) groups is 1. The zero-order valence-electron chi connectivity index (χ0n) is 13.5. The van der Waals surface area contributed by atoms with Crippen molar-refractivity contribution in [2.45, 2.75) is 20.0 Å². The highest BCUT2D eigenvalue weighted by molar-refractivity contribution is 5.87. The summed E-state index contributed by atoms with van der Waals surface area (Å²) in [4.78, 5) is 10.8. The van der Waals surface area contributed by atoms with E-state index in [-0.39, 0.29) is 0 Å². The van der Waals surface area contributed by atoms with Crippen LogP contribution in [0.2, 0.25) is 0 Å². The standard InChI is InChI=1S/C20H18O4/c1-13-18-6-4-3-5-15(18)7-12-19(13)24-17-10-8-16(9-11-17)23-14(2)20(21)22/h3-12,14H,1-2H3,(H,21,22). The minimum absolute atomic E-state index is 0.493. The van der Waals surface area contributed by atoms with E-state index < -0.39 is 12.1 Å². The predicted octanol–water partition coefficient (Wildman–Crippen LogP) is 4.79. The first kappa shape index (κ1) is 15.9. The summed E-state index contributed by atoms with van der Waals surface area (Å²) in [7, 11) is 0. The van der Waals surface area contributed by atoms with Crippen LogP contribution < -0.4 is 9.47 Å². The highest BCUT2D eigenvalue weighted by Crippen LogP contribution is 2.31. The predicted molar refractivity (Wildman–Crippen MR) is 92.9 cm³/mol. The van der Waals surface area contributed by atoms with E-state index in [4.69, 9.17) is 14.6 Å². The third-order valence-electron chi connectivity index (χ3n) is 3.86. The number of hydrogen-bond acceptors (Lipinski definition) is 3. The summed E-state index contributed by atoms with van der Waals surface area (Å²) in [6.07, 6.45) is -0.889. The molecule has 0 radical (unpaired) electrons. The van der Waals surface area contributed by atoms with Crippen LogP contribution in [0.5, 0.6) is 17.2 Å². The molecule has 0 aliphatic rings. The van der Waals surface area contributed by atoms with Crippen molar-refractivity contribution < 1.29 is 19.4 Å². The molecule has 0 spiro atoms. The lowest BCUT2D eigenvalue weighted by atomic mass is 10.0. The highest BCUT2D eigenvalue weighted by Gasteiger charge is 2.12. The van der Waals surface area contributed by atoms with Crippen LogP contribution >= 0.6 is 0 Å². The number of hydrogen-bond donors (Lipinski definition) is 1. The number of benzene rings is 3. The van der Waals surface area contributed by atoms with Gasteiger partial charge in [-0.1, -0.05) is 30.3 Å². The molecule has 0 saturated heterocycles. The third kappa shape index (κ3) is 3.33. The summed E-state index contributed by atoms with van der Waals surface area (Å²) >= 11 is 0. The fourth-order valence-electron chi connectivity index (χ4n) is 2.49. The molecule has 4 nitrogen and oxygen atoms in total. The smallest absolute Gasteiger partial charge is 0.344 e. The fourth-order valence-corrected chi connectivity index (χ4v) is 2.49. The molecule has 0 heterocycles. The Hall–Kier alpha value is -3.01. The van der Waals surface area contributed by atoms with Crippen molar-refractivity contribution in [2.24, 2.45) is 0 Å². The molecule has 1 unspecified atom stereocenters. The van der Waals surface area contributed by atoms with Crippen molar-refractivity contribution in [3.63, 3.8) is 0 Å². The SMILES string of the molecule is Cc1c(Oc2ccc(OC(C)C(=O)O)cc2)ccc2ccccc12. The molecule has 122 valence electrons. The van der Waals surface area contributed by atoms with E-state index in [1.165, 1.54) is 12.3 Å². The topological polar surface area (TPSA) is 55.8 Å². The van der Waals surface area contributed by atoms with Gasteiger partial charge >= 0.3 is 5.97 Å². The number of carboxylic acids is 1. The molecule has 0 aromatic heterocycles. The Morgan fingerprint density at radius 1 is 0.958 bits per heavy atom. The molecule has 0 saturated carbocycles. The summed E-state index contributed by atoms with van der Waals surface area (Å²) in [5, 5.41) is 11.2. The van der Waals surface area contributed by atoms with Gasteiger partial charge in [0.15, 0.2) is 6.10 Å². The second-order valence-electron chi connectivity index (χ2n) is 5.58. The Kier molecular flexibility index (Phi) is 4.38. The first-order chi connectivity index (χ1) is 11.5. The fraction of sp³-hybridized carbons (Fsp3) is 0.150. The van der Waals surface area contributed by atoms with Gasteiger partial charge in [0.05, 0.1) is 0 Å². The maximum absolute atomic E-state index is 10.8. The van der Waals surface area contributed by atoms with Gasteiger partial charge in [-0.25, -0.2) is 4.79 Å². The molecule has 1 atom stereocenters. The number of carboxylic acid groups (broad SMARTS) is 1. The van der Waals surface area contributed by atoms with Crippen LogP contribution in [0, 0.1) is 6.92 Å². The Morgan fingerprint density at radius 2 is 1.62 bits per heavy atom. The van der Waals surface area contributed by atoms with E-state index in [1.807, 2.05) is 31.2 Å². The van der Waals surface area contributed by atoms with Crippen LogP contribution in [-0.4, -0.2) is 17.2 Å². The zero-order valence-corrected chi connectivity index (χ0v) is 13.5. The van der Waals surface area contributed by atoms with Crippen molar-refractivity contribution >= 4 is 16.7 Å². The van der Waals surface area contributed by atoms with Crippen LogP contribution in [0.1, 0.15) is 12.5 Å². The van der Waals surface area contributed by atoms with Crippen LogP contribution in [0.3, 0.4) is 0 Å². The molecule has 1 N–H and O–H groups in total. The van der Waals surface area contributed by atoms with E-state index in [9.17, 15) is 4.79 Å². The Morgan fingerprint density at radius 3 is 2.33 bits per heavy atom. The second-order valence-corrected chi connectivity index (χ2v) is 5.58. The van der Waals surface area contributed by atoms with Crippen molar-refractivity contribution in [3.8, 4) is 17.2 Å². The van der Waals surface area contributed by atoms with Crippen LogP contribution in [-0.2, 0) is 4.79 Å². The van der Waals surface area contributed by atoms with Gasteiger partial charge in [0.25, 0.3) is 0 Å². The Labute approximate surface area is 140 Å². The van der Waals surface area contributed by atoms with Gasteiger partial charge in [0.1, 0.15) is 17.2 Å². The normalized spacial score (nSPS) is 11.9. The van der Waals surface area contributed by atoms with Gasteiger partial charge in [-0.15, -0.1) is 0 Å². The minimum atomic E-state index is -0.998. The van der Waals surface area contributed by atoms with Crippen molar-refractivity contribution in [1.82, 2.24) is 0 Å². The molecule has 3 aromatic carbocycles. The van der Waals surface area contributed by atoms with Gasteiger partial charge in [0.2, 0.25) is 0 Å². The van der Waals surface area contributed by atoms with Crippen molar-refractivity contribution in [3.05, 3.63) is 66.2 Å². The Balaban J connectivity index is 1.79. The van der Waals surface area contributed by atoms with Gasteiger partial charge < -0.3 is 14.6 Å². The van der Waals surface area contributed by atoms with Crippen LogP contribution in [0.15, 0.2) is 60.7 Å². The monoisotopic (exact) mass is 322 g/mol. The Bertz CT molecular complexity index is 868. The lowest BCUT2D eigenvalue weighted by molar-refractivity contribution is -0.144. The van der Waals surface area contributed by atoms with E-state index in [0.29, 0.717) is 11.5 Å². The number of aliphatic carboxylic acids is 1. The largest absolute Gasteiger partial charge is 0.479 e. The quantitative estimate of drug-likeness (QED) is 0.733. The molecule has 3 rings (SSSR count). The lowest BCUT2D eigenvalue weighted by Gasteiger charge is -2.13. The van der Waals surface area contributed by atoms with Gasteiger partial charge in [-0.05, 0) is 60.5 Å². The van der Waals surface area contributed by atoms with E-state index in [1.54, 1.807) is 24.3 Å². The summed E-state index contributed by atoms with van der Waals surface area (Å²) < 4.78 is 11.3. The number of ether oxygens (including phenoxy) is 2. The van der Waals surface area contributed by atoms with Crippen molar-refractivity contribution in [1.29, 1.82) is 0 Å². The molecule has 0 fully saturated rings. The van der Waals surface area contributed by atoms with Crippen LogP contribution in [0.4, 0.5) is 0 Å². The van der Waals surface area contributed by atoms with E-state index in [0.717, 1.165) is 16.7 Å². The molecule has 0 bridgehead atoms. The van der Waals surface area contributed by atoms with Crippen molar-refractivity contribution in [2.75, 3.05) is 0 Å². The number of rotatable bonds is 5. The first-order valence-electron chi connectivity index (χ1n) is 7.70. The number of aryl methyl sites for hydroxylation is 1.